The first-order chi connectivity index (χ1) is 11.4. The second-order valence-electron chi connectivity index (χ2n) is 6.34. The van der Waals surface area contributed by atoms with Crippen LogP contribution in [0.25, 0.3) is 0 Å². The molecule has 1 aliphatic carbocycles. The van der Waals surface area contributed by atoms with Gasteiger partial charge in [-0.3, -0.25) is 14.3 Å². The first-order valence-corrected chi connectivity index (χ1v) is 8.14. The molecule has 126 valence electrons. The Bertz CT molecular complexity index is 790. The quantitative estimate of drug-likeness (QED) is 0.886. The molecule has 2 aromatic rings. The average Bonchev–Trinajstić information content (AvgIpc) is 3.33. The van der Waals surface area contributed by atoms with E-state index in [1.165, 1.54) is 0 Å². The van der Waals surface area contributed by atoms with Gasteiger partial charge >= 0.3 is 0 Å². The summed E-state index contributed by atoms with van der Waals surface area (Å²) >= 11 is 0. The first kappa shape index (κ1) is 16.2. The highest BCUT2D eigenvalue weighted by Crippen LogP contribution is 2.30. The molecule has 0 spiro atoms. The van der Waals surface area contributed by atoms with Crippen LogP contribution in [0.4, 0.5) is 11.4 Å². The second kappa shape index (κ2) is 6.47. The monoisotopic (exact) mass is 326 g/mol. The Morgan fingerprint density at radius 2 is 1.88 bits per heavy atom. The number of carbonyl (C=O) groups is 2. The second-order valence-corrected chi connectivity index (χ2v) is 6.34. The van der Waals surface area contributed by atoms with Crippen LogP contribution in [0.1, 0.15) is 29.8 Å². The minimum Gasteiger partial charge on any atom is -0.326 e. The van der Waals surface area contributed by atoms with E-state index < -0.39 is 0 Å². The number of nitrogens with zero attached hydrogens (tertiary/aromatic N) is 2. The number of aromatic nitrogens is 2. The molecule has 1 aromatic heterocycles. The van der Waals surface area contributed by atoms with Crippen LogP contribution in [0.15, 0.2) is 24.3 Å². The standard InChI is InChI=1S/C18H22N4O2/c1-11-16(12(2)22(3)21-11)10-17(23)19-14-5-4-6-15(9-14)20-18(24)13-7-8-13/h4-6,9,13H,7-8,10H2,1-3H3,(H,19,23)(H,20,24). The van der Waals surface area contributed by atoms with Crippen molar-refractivity contribution >= 4 is 23.2 Å². The van der Waals surface area contributed by atoms with E-state index in [-0.39, 0.29) is 24.2 Å². The molecule has 0 atom stereocenters. The van der Waals surface area contributed by atoms with Crippen molar-refractivity contribution in [2.75, 3.05) is 10.6 Å². The van der Waals surface area contributed by atoms with Crippen molar-refractivity contribution < 1.29 is 9.59 Å². The van der Waals surface area contributed by atoms with Crippen molar-refractivity contribution in [3.05, 3.63) is 41.2 Å². The summed E-state index contributed by atoms with van der Waals surface area (Å²) in [6.45, 7) is 3.86. The third kappa shape index (κ3) is 3.64. The predicted octanol–water partition coefficient (Wildman–Crippen LogP) is 2.57. The number of anilines is 2. The maximum Gasteiger partial charge on any atom is 0.228 e. The molecule has 24 heavy (non-hydrogen) atoms. The van der Waals surface area contributed by atoms with Crippen LogP contribution >= 0.6 is 0 Å². The lowest BCUT2D eigenvalue weighted by atomic mass is 10.1. The molecule has 1 aromatic carbocycles. The summed E-state index contributed by atoms with van der Waals surface area (Å²) in [6.07, 6.45) is 2.21. The van der Waals surface area contributed by atoms with Crippen molar-refractivity contribution in [1.82, 2.24) is 9.78 Å². The van der Waals surface area contributed by atoms with Gasteiger partial charge in [0, 0.05) is 35.6 Å². The third-order valence-electron chi connectivity index (χ3n) is 4.36. The van der Waals surface area contributed by atoms with Gasteiger partial charge in [0.25, 0.3) is 0 Å². The molecule has 0 aliphatic heterocycles. The van der Waals surface area contributed by atoms with E-state index in [0.29, 0.717) is 11.4 Å². The van der Waals surface area contributed by atoms with E-state index in [1.54, 1.807) is 10.7 Å². The van der Waals surface area contributed by atoms with Crippen LogP contribution in [0, 0.1) is 19.8 Å². The van der Waals surface area contributed by atoms with E-state index in [9.17, 15) is 9.59 Å². The Morgan fingerprint density at radius 3 is 2.46 bits per heavy atom. The van der Waals surface area contributed by atoms with Gasteiger partial charge in [0.2, 0.25) is 11.8 Å². The fourth-order valence-electron chi connectivity index (χ4n) is 2.70. The Balaban J connectivity index is 1.64. The zero-order valence-corrected chi connectivity index (χ0v) is 14.2. The molecule has 0 radical (unpaired) electrons. The lowest BCUT2D eigenvalue weighted by molar-refractivity contribution is -0.117. The molecule has 0 unspecified atom stereocenters. The highest BCUT2D eigenvalue weighted by molar-refractivity contribution is 5.96. The Kier molecular flexibility index (Phi) is 4.38. The van der Waals surface area contributed by atoms with Crippen molar-refractivity contribution in [2.45, 2.75) is 33.1 Å². The van der Waals surface area contributed by atoms with Gasteiger partial charge in [0.05, 0.1) is 12.1 Å². The molecular weight excluding hydrogens is 304 g/mol. The number of carbonyl (C=O) groups excluding carboxylic acids is 2. The van der Waals surface area contributed by atoms with Gasteiger partial charge in [-0.15, -0.1) is 0 Å². The summed E-state index contributed by atoms with van der Waals surface area (Å²) in [5.41, 5.74) is 4.20. The summed E-state index contributed by atoms with van der Waals surface area (Å²) in [7, 11) is 1.87. The highest BCUT2D eigenvalue weighted by atomic mass is 16.2. The number of hydrogen-bond acceptors (Lipinski definition) is 3. The lowest BCUT2D eigenvalue weighted by Crippen LogP contribution is -2.16. The van der Waals surface area contributed by atoms with Gasteiger partial charge in [0.1, 0.15) is 0 Å². The number of rotatable bonds is 5. The molecule has 1 saturated carbocycles. The van der Waals surface area contributed by atoms with E-state index in [4.69, 9.17) is 0 Å². The summed E-state index contributed by atoms with van der Waals surface area (Å²) in [5, 5.41) is 10.1. The molecule has 3 rings (SSSR count). The van der Waals surface area contributed by atoms with Gasteiger partial charge in [-0.05, 0) is 44.9 Å². The molecule has 0 saturated heterocycles. The van der Waals surface area contributed by atoms with E-state index >= 15 is 0 Å². The molecule has 6 nitrogen and oxygen atoms in total. The molecule has 2 N–H and O–H groups in total. The SMILES string of the molecule is Cc1nn(C)c(C)c1CC(=O)Nc1cccc(NC(=O)C2CC2)c1. The Morgan fingerprint density at radius 1 is 1.21 bits per heavy atom. The third-order valence-corrected chi connectivity index (χ3v) is 4.36. The average molecular weight is 326 g/mol. The minimum atomic E-state index is -0.0973. The fraction of sp³-hybridized carbons (Fsp3) is 0.389. The predicted molar refractivity (Wildman–Crippen MR) is 92.8 cm³/mol. The van der Waals surface area contributed by atoms with Gasteiger partial charge < -0.3 is 10.6 Å². The maximum absolute atomic E-state index is 12.3. The summed E-state index contributed by atoms with van der Waals surface area (Å²) in [4.78, 5) is 24.1. The van der Waals surface area contributed by atoms with Gasteiger partial charge in [-0.25, -0.2) is 0 Å². The summed E-state index contributed by atoms with van der Waals surface area (Å²) in [5.74, 6) is 0.111. The molecule has 1 aliphatic rings. The van der Waals surface area contributed by atoms with Crippen molar-refractivity contribution in [3.63, 3.8) is 0 Å². The van der Waals surface area contributed by atoms with Gasteiger partial charge in [0.15, 0.2) is 0 Å². The molecular formula is C18H22N4O2. The van der Waals surface area contributed by atoms with Crippen LogP contribution in [-0.4, -0.2) is 21.6 Å². The van der Waals surface area contributed by atoms with E-state index in [0.717, 1.165) is 29.8 Å². The maximum atomic E-state index is 12.3. The minimum absolute atomic E-state index is 0.0556. The fourth-order valence-corrected chi connectivity index (χ4v) is 2.70. The molecule has 2 amide bonds. The molecule has 1 fully saturated rings. The molecule has 6 heteroatoms. The number of benzene rings is 1. The van der Waals surface area contributed by atoms with Crippen molar-refractivity contribution in [3.8, 4) is 0 Å². The summed E-state index contributed by atoms with van der Waals surface area (Å²) < 4.78 is 1.78. The van der Waals surface area contributed by atoms with Crippen LogP contribution in [0.5, 0.6) is 0 Å². The molecule has 1 heterocycles. The Hall–Kier alpha value is -2.63. The van der Waals surface area contributed by atoms with E-state index in [2.05, 4.69) is 15.7 Å². The summed E-state index contributed by atoms with van der Waals surface area (Å²) in [6, 6.07) is 7.23. The number of hydrogen-bond donors (Lipinski definition) is 2. The molecule has 0 bridgehead atoms. The topological polar surface area (TPSA) is 76.0 Å². The largest absolute Gasteiger partial charge is 0.326 e. The Labute approximate surface area is 141 Å². The van der Waals surface area contributed by atoms with Gasteiger partial charge in [-0.2, -0.15) is 5.10 Å². The smallest absolute Gasteiger partial charge is 0.228 e. The normalized spacial score (nSPS) is 13.6. The first-order valence-electron chi connectivity index (χ1n) is 8.14. The van der Waals surface area contributed by atoms with Crippen LogP contribution in [-0.2, 0) is 23.1 Å². The van der Waals surface area contributed by atoms with Crippen LogP contribution < -0.4 is 10.6 Å². The number of nitrogens with one attached hydrogen (secondary N) is 2. The number of aryl methyl sites for hydroxylation is 2. The zero-order chi connectivity index (χ0) is 17.3. The van der Waals surface area contributed by atoms with Crippen molar-refractivity contribution in [1.29, 1.82) is 0 Å². The van der Waals surface area contributed by atoms with Crippen molar-refractivity contribution in [2.24, 2.45) is 13.0 Å². The highest BCUT2D eigenvalue weighted by Gasteiger charge is 2.29. The van der Waals surface area contributed by atoms with Gasteiger partial charge in [-0.1, -0.05) is 6.07 Å². The van der Waals surface area contributed by atoms with Crippen LogP contribution in [0.3, 0.4) is 0 Å². The zero-order valence-electron chi connectivity index (χ0n) is 14.2. The lowest BCUT2D eigenvalue weighted by Gasteiger charge is -2.09. The number of amides is 2. The van der Waals surface area contributed by atoms with Crippen LogP contribution in [0.2, 0.25) is 0 Å². The van der Waals surface area contributed by atoms with E-state index in [1.807, 2.05) is 39.1 Å².